The molecule has 228 valence electrons. The van der Waals surface area contributed by atoms with Crippen LogP contribution in [-0.4, -0.2) is 41.0 Å². The van der Waals surface area contributed by atoms with Gasteiger partial charge in [-0.05, 0) is 73.0 Å². The van der Waals surface area contributed by atoms with Crippen molar-refractivity contribution in [2.45, 2.75) is 37.3 Å². The molecule has 3 aromatic carbocycles. The zero-order valence-corrected chi connectivity index (χ0v) is 23.2. The highest BCUT2D eigenvalue weighted by Gasteiger charge is 2.42. The van der Waals surface area contributed by atoms with Crippen molar-refractivity contribution in [2.24, 2.45) is 0 Å². The number of nitrogens with zero attached hydrogens (tertiary/aromatic N) is 3. The van der Waals surface area contributed by atoms with Crippen LogP contribution in [0.4, 0.5) is 32.0 Å². The maximum atomic E-state index is 14.3. The summed E-state index contributed by atoms with van der Waals surface area (Å²) < 4.78 is 88.5. The standard InChI is InChI=1S/C32H25F6N3O3/c1-44-24-12-8-19(9-13-24)29-27-7-4-14-39(27)25-5-2-3-6-26(25)41(29)28(42)18-40(23-10-11-23)30(43)20-15-21(31(33,34)35)17-22(16-20)32(36,37)38/h2-9,12-17,23,29H,10-11,18H2,1H3. The number of carbonyl (C=O) groups is 2. The molecule has 12 heteroatoms. The quantitative estimate of drug-likeness (QED) is 0.215. The van der Waals surface area contributed by atoms with E-state index in [0.717, 1.165) is 16.2 Å². The number of hydrogen-bond acceptors (Lipinski definition) is 3. The molecule has 0 spiro atoms. The Hall–Kier alpha value is -4.74. The number of hydrogen-bond donors (Lipinski definition) is 0. The van der Waals surface area contributed by atoms with Crippen LogP contribution in [0, 0.1) is 0 Å². The Balaban J connectivity index is 1.40. The van der Waals surface area contributed by atoms with Gasteiger partial charge in [-0.25, -0.2) is 0 Å². The molecule has 4 aromatic rings. The van der Waals surface area contributed by atoms with Crippen LogP contribution in [0.2, 0.25) is 0 Å². The number of carbonyl (C=O) groups excluding carboxylic acids is 2. The maximum Gasteiger partial charge on any atom is 0.416 e. The third-order valence-electron chi connectivity index (χ3n) is 7.81. The summed E-state index contributed by atoms with van der Waals surface area (Å²) in [5.41, 5.74) is -1.27. The fourth-order valence-corrected chi connectivity index (χ4v) is 5.58. The maximum absolute atomic E-state index is 14.3. The first-order valence-electron chi connectivity index (χ1n) is 13.7. The van der Waals surface area contributed by atoms with Crippen LogP contribution in [0.5, 0.6) is 5.75 Å². The Morgan fingerprint density at radius 1 is 0.841 bits per heavy atom. The van der Waals surface area contributed by atoms with Crippen molar-refractivity contribution in [1.82, 2.24) is 9.47 Å². The summed E-state index contributed by atoms with van der Waals surface area (Å²) in [6.45, 7) is -0.553. The zero-order valence-electron chi connectivity index (χ0n) is 23.2. The molecule has 0 bridgehead atoms. The van der Waals surface area contributed by atoms with Crippen LogP contribution < -0.4 is 9.64 Å². The van der Waals surface area contributed by atoms with E-state index in [1.165, 1.54) is 12.0 Å². The molecule has 0 saturated heterocycles. The number of aromatic nitrogens is 1. The highest BCUT2D eigenvalue weighted by atomic mass is 19.4. The monoisotopic (exact) mass is 613 g/mol. The average Bonchev–Trinajstić information content (AvgIpc) is 3.72. The molecule has 1 aliphatic heterocycles. The molecule has 0 radical (unpaired) electrons. The molecular weight excluding hydrogens is 588 g/mol. The first-order chi connectivity index (χ1) is 20.9. The predicted molar refractivity (Wildman–Crippen MR) is 149 cm³/mol. The smallest absolute Gasteiger partial charge is 0.416 e. The van der Waals surface area contributed by atoms with E-state index in [1.807, 2.05) is 35.0 Å². The molecule has 1 saturated carbocycles. The number of anilines is 1. The van der Waals surface area contributed by atoms with Gasteiger partial charge in [-0.15, -0.1) is 0 Å². The second-order valence-electron chi connectivity index (χ2n) is 10.7. The first kappa shape index (κ1) is 29.3. The molecule has 1 aromatic heterocycles. The average molecular weight is 614 g/mol. The van der Waals surface area contributed by atoms with E-state index in [1.54, 1.807) is 36.4 Å². The number of halogens is 6. The van der Waals surface area contributed by atoms with Crippen molar-refractivity contribution in [3.8, 4) is 11.4 Å². The molecule has 2 aliphatic rings. The summed E-state index contributed by atoms with van der Waals surface area (Å²) in [6.07, 6.45) is -7.45. The lowest BCUT2D eigenvalue weighted by atomic mass is 9.97. The second kappa shape index (κ2) is 10.8. The molecule has 1 unspecified atom stereocenters. The molecule has 6 nitrogen and oxygen atoms in total. The summed E-state index contributed by atoms with van der Waals surface area (Å²) in [6, 6.07) is 17.6. The van der Waals surface area contributed by atoms with Crippen molar-refractivity contribution >= 4 is 17.5 Å². The van der Waals surface area contributed by atoms with E-state index in [4.69, 9.17) is 4.74 Å². The van der Waals surface area contributed by atoms with Gasteiger partial charge < -0.3 is 14.2 Å². The minimum atomic E-state index is -5.12. The highest BCUT2D eigenvalue weighted by Crippen LogP contribution is 2.43. The largest absolute Gasteiger partial charge is 0.497 e. The van der Waals surface area contributed by atoms with E-state index in [9.17, 15) is 35.9 Å². The molecule has 2 amide bonds. The Labute approximate surface area is 248 Å². The lowest BCUT2D eigenvalue weighted by molar-refractivity contribution is -0.143. The van der Waals surface area contributed by atoms with Crippen LogP contribution in [0.1, 0.15) is 51.6 Å². The predicted octanol–water partition coefficient (Wildman–Crippen LogP) is 7.26. The van der Waals surface area contributed by atoms with Gasteiger partial charge in [0.15, 0.2) is 0 Å². The van der Waals surface area contributed by atoms with E-state index in [-0.39, 0.29) is 6.07 Å². The molecule has 6 rings (SSSR count). The molecule has 44 heavy (non-hydrogen) atoms. The Morgan fingerprint density at radius 2 is 1.45 bits per heavy atom. The number of benzene rings is 3. The van der Waals surface area contributed by atoms with E-state index >= 15 is 0 Å². The van der Waals surface area contributed by atoms with E-state index in [0.29, 0.717) is 42.1 Å². The van der Waals surface area contributed by atoms with Gasteiger partial charge in [0.25, 0.3) is 5.91 Å². The van der Waals surface area contributed by atoms with Crippen LogP contribution in [0.3, 0.4) is 0 Å². The summed E-state index contributed by atoms with van der Waals surface area (Å²) in [5.74, 6) is -1.02. The van der Waals surface area contributed by atoms with Gasteiger partial charge >= 0.3 is 12.4 Å². The first-order valence-corrected chi connectivity index (χ1v) is 13.7. The fraction of sp³-hybridized carbons (Fsp3) is 0.250. The van der Waals surface area contributed by atoms with Crippen molar-refractivity contribution in [3.63, 3.8) is 0 Å². The molecule has 1 aliphatic carbocycles. The normalized spacial score (nSPS) is 16.2. The minimum Gasteiger partial charge on any atom is -0.497 e. The number of amides is 2. The van der Waals surface area contributed by atoms with Crippen LogP contribution >= 0.6 is 0 Å². The summed E-state index contributed by atoms with van der Waals surface area (Å²) in [5, 5.41) is 0. The third-order valence-corrected chi connectivity index (χ3v) is 7.81. The van der Waals surface area contributed by atoms with Gasteiger partial charge in [0, 0.05) is 17.8 Å². The number of fused-ring (bicyclic) bond motifs is 3. The van der Waals surface area contributed by atoms with Crippen LogP contribution in [0.15, 0.2) is 85.1 Å². The second-order valence-corrected chi connectivity index (χ2v) is 10.7. The van der Waals surface area contributed by atoms with Crippen molar-refractivity contribution in [2.75, 3.05) is 18.6 Å². The van der Waals surface area contributed by atoms with Gasteiger partial charge in [-0.3, -0.25) is 14.5 Å². The Kier molecular flexibility index (Phi) is 7.17. The number of ether oxygens (including phenoxy) is 1. The van der Waals surface area contributed by atoms with Gasteiger partial charge in [0.05, 0.1) is 35.3 Å². The molecule has 0 N–H and O–H groups in total. The number of methoxy groups -OCH3 is 1. The van der Waals surface area contributed by atoms with Gasteiger partial charge in [-0.1, -0.05) is 24.3 Å². The van der Waals surface area contributed by atoms with E-state index in [2.05, 4.69) is 0 Å². The Bertz CT molecular complexity index is 1690. The van der Waals surface area contributed by atoms with Crippen molar-refractivity contribution < 1.29 is 40.7 Å². The van der Waals surface area contributed by atoms with Gasteiger partial charge in [0.2, 0.25) is 5.91 Å². The minimum absolute atomic E-state index is 0.0252. The zero-order chi connectivity index (χ0) is 31.4. The lowest BCUT2D eigenvalue weighted by Gasteiger charge is -2.39. The van der Waals surface area contributed by atoms with Crippen LogP contribution in [0.25, 0.3) is 5.69 Å². The fourth-order valence-electron chi connectivity index (χ4n) is 5.58. The van der Waals surface area contributed by atoms with Gasteiger partial charge in [0.1, 0.15) is 18.3 Å². The SMILES string of the molecule is COc1ccc(C2c3cccn3-c3ccccc3N2C(=O)CN(C(=O)c2cc(C(F)(F)F)cc(C(F)(F)F)c2)C2CC2)cc1. The summed E-state index contributed by atoms with van der Waals surface area (Å²) in [7, 11) is 1.53. The topological polar surface area (TPSA) is 54.8 Å². The number of rotatable bonds is 6. The highest BCUT2D eigenvalue weighted by molar-refractivity contribution is 6.03. The van der Waals surface area contributed by atoms with Crippen molar-refractivity contribution in [3.05, 3.63) is 113 Å². The summed E-state index contributed by atoms with van der Waals surface area (Å²) >= 11 is 0. The Morgan fingerprint density at radius 3 is 2.02 bits per heavy atom. The van der Waals surface area contributed by atoms with E-state index < -0.39 is 59.5 Å². The molecule has 2 heterocycles. The van der Waals surface area contributed by atoms with Gasteiger partial charge in [-0.2, -0.15) is 26.3 Å². The van der Waals surface area contributed by atoms with Crippen molar-refractivity contribution in [1.29, 1.82) is 0 Å². The van der Waals surface area contributed by atoms with Crippen LogP contribution in [-0.2, 0) is 17.1 Å². The number of para-hydroxylation sites is 2. The molecule has 1 atom stereocenters. The molecular formula is C32H25F6N3O3. The third kappa shape index (κ3) is 5.40. The summed E-state index contributed by atoms with van der Waals surface area (Å²) in [4.78, 5) is 30.5. The number of alkyl halides is 6. The molecule has 1 fully saturated rings. The lowest BCUT2D eigenvalue weighted by Crippen LogP contribution is -2.47.